The average Bonchev–Trinajstić information content (AvgIpc) is 2.18. The van der Waals surface area contributed by atoms with Crippen molar-refractivity contribution in [2.24, 2.45) is 5.73 Å². The fourth-order valence-electron chi connectivity index (χ4n) is 0.934. The zero-order valence-corrected chi connectivity index (χ0v) is 7.82. The lowest BCUT2D eigenvalue weighted by molar-refractivity contribution is 0.209. The summed E-state index contributed by atoms with van der Waals surface area (Å²) in [5.74, 6) is 0.641. The van der Waals surface area contributed by atoms with Gasteiger partial charge in [0, 0.05) is 6.20 Å². The lowest BCUT2D eigenvalue weighted by atomic mass is 9.96. The van der Waals surface area contributed by atoms with Gasteiger partial charge in [0.1, 0.15) is 5.75 Å². The van der Waals surface area contributed by atoms with Gasteiger partial charge in [-0.2, -0.15) is 0 Å². The van der Waals surface area contributed by atoms with Crippen LogP contribution in [0.5, 0.6) is 5.75 Å². The molecule has 4 nitrogen and oxygen atoms in total. The summed E-state index contributed by atoms with van der Waals surface area (Å²) >= 11 is 0. The third-order valence-electron chi connectivity index (χ3n) is 1.94. The second kappa shape index (κ2) is 3.72. The van der Waals surface area contributed by atoms with Gasteiger partial charge in [-0.25, -0.2) is 0 Å². The Morgan fingerprint density at radius 1 is 1.62 bits per heavy atom. The predicted octanol–water partition coefficient (Wildman–Crippen LogP) is 0.256. The molecule has 1 heterocycles. The van der Waals surface area contributed by atoms with E-state index >= 15 is 0 Å². The number of rotatable bonds is 3. The first-order valence-electron chi connectivity index (χ1n) is 3.99. The quantitative estimate of drug-likeness (QED) is 0.703. The van der Waals surface area contributed by atoms with Crippen molar-refractivity contribution < 1.29 is 9.84 Å². The summed E-state index contributed by atoms with van der Waals surface area (Å²) in [6.07, 6.45) is 3.22. The van der Waals surface area contributed by atoms with Crippen LogP contribution in [0.3, 0.4) is 0 Å². The van der Waals surface area contributed by atoms with Crippen LogP contribution in [0, 0.1) is 0 Å². The fraction of sp³-hybridized carbons (Fsp3) is 0.444. The molecule has 13 heavy (non-hydrogen) atoms. The standard InChI is InChI=1S/C9H14N2O2/c1-9(10,6-12)7-3-8(13-2)5-11-4-7/h3-5,12H,6,10H2,1-2H3. The number of pyridine rings is 1. The van der Waals surface area contributed by atoms with Gasteiger partial charge >= 0.3 is 0 Å². The summed E-state index contributed by atoms with van der Waals surface area (Å²) in [5, 5.41) is 9.02. The van der Waals surface area contributed by atoms with Crippen LogP contribution in [0.15, 0.2) is 18.5 Å². The summed E-state index contributed by atoms with van der Waals surface area (Å²) in [6.45, 7) is 1.62. The lowest BCUT2D eigenvalue weighted by Crippen LogP contribution is -2.37. The van der Waals surface area contributed by atoms with Crippen LogP contribution in [0.4, 0.5) is 0 Å². The molecule has 0 amide bonds. The Kier molecular flexibility index (Phi) is 2.85. The molecule has 0 bridgehead atoms. The molecule has 0 aromatic carbocycles. The van der Waals surface area contributed by atoms with Gasteiger partial charge in [0.25, 0.3) is 0 Å². The van der Waals surface area contributed by atoms with Crippen molar-refractivity contribution >= 4 is 0 Å². The van der Waals surface area contributed by atoms with E-state index in [1.807, 2.05) is 0 Å². The summed E-state index contributed by atoms with van der Waals surface area (Å²) in [7, 11) is 1.56. The largest absolute Gasteiger partial charge is 0.495 e. The molecule has 1 aromatic rings. The zero-order chi connectivity index (χ0) is 9.90. The zero-order valence-electron chi connectivity index (χ0n) is 7.82. The Morgan fingerprint density at radius 2 is 2.31 bits per heavy atom. The second-order valence-corrected chi connectivity index (χ2v) is 3.19. The molecule has 0 spiro atoms. The molecule has 0 saturated carbocycles. The molecule has 0 aliphatic heterocycles. The van der Waals surface area contributed by atoms with Crippen LogP contribution < -0.4 is 10.5 Å². The lowest BCUT2D eigenvalue weighted by Gasteiger charge is -2.21. The Labute approximate surface area is 77.4 Å². The molecule has 1 aromatic heterocycles. The number of hydrogen-bond donors (Lipinski definition) is 2. The van der Waals surface area contributed by atoms with E-state index in [0.29, 0.717) is 5.75 Å². The first kappa shape index (κ1) is 9.95. The maximum atomic E-state index is 9.02. The molecule has 1 rings (SSSR count). The molecular formula is C9H14N2O2. The summed E-state index contributed by atoms with van der Waals surface area (Å²) in [4.78, 5) is 3.95. The molecule has 1 atom stereocenters. The highest BCUT2D eigenvalue weighted by Crippen LogP contribution is 2.19. The van der Waals surface area contributed by atoms with Crippen LogP contribution in [0.25, 0.3) is 0 Å². The Hall–Kier alpha value is -1.13. The maximum absolute atomic E-state index is 9.02. The van der Waals surface area contributed by atoms with Crippen molar-refractivity contribution in [1.82, 2.24) is 4.98 Å². The molecule has 3 N–H and O–H groups in total. The van der Waals surface area contributed by atoms with E-state index < -0.39 is 5.54 Å². The van der Waals surface area contributed by atoms with Gasteiger partial charge in [0.15, 0.2) is 0 Å². The highest BCUT2D eigenvalue weighted by molar-refractivity contribution is 5.28. The minimum atomic E-state index is -0.762. The Bertz CT molecular complexity index is 287. The number of nitrogens with zero attached hydrogens (tertiary/aromatic N) is 1. The fourth-order valence-corrected chi connectivity index (χ4v) is 0.934. The van der Waals surface area contributed by atoms with Crippen molar-refractivity contribution in [2.45, 2.75) is 12.5 Å². The number of aliphatic hydroxyl groups excluding tert-OH is 1. The van der Waals surface area contributed by atoms with Gasteiger partial charge in [0.2, 0.25) is 0 Å². The second-order valence-electron chi connectivity index (χ2n) is 3.19. The highest BCUT2D eigenvalue weighted by atomic mass is 16.5. The van der Waals surface area contributed by atoms with Gasteiger partial charge in [0.05, 0.1) is 25.5 Å². The number of methoxy groups -OCH3 is 1. The number of aliphatic hydroxyl groups is 1. The number of hydrogen-bond acceptors (Lipinski definition) is 4. The number of ether oxygens (including phenoxy) is 1. The molecule has 0 fully saturated rings. The number of aromatic nitrogens is 1. The van der Waals surface area contributed by atoms with Crippen molar-refractivity contribution in [1.29, 1.82) is 0 Å². The van der Waals surface area contributed by atoms with Gasteiger partial charge in [-0.05, 0) is 18.6 Å². The van der Waals surface area contributed by atoms with Gasteiger partial charge < -0.3 is 15.6 Å². The van der Waals surface area contributed by atoms with Crippen LogP contribution >= 0.6 is 0 Å². The van der Waals surface area contributed by atoms with Crippen molar-refractivity contribution in [3.63, 3.8) is 0 Å². The first-order chi connectivity index (χ1) is 6.10. The van der Waals surface area contributed by atoms with Crippen LogP contribution in [-0.2, 0) is 5.54 Å². The minimum absolute atomic E-state index is 0.123. The molecule has 0 aliphatic carbocycles. The normalized spacial score (nSPS) is 15.1. The van der Waals surface area contributed by atoms with E-state index in [1.54, 1.807) is 32.5 Å². The summed E-state index contributed by atoms with van der Waals surface area (Å²) in [6, 6.07) is 1.77. The number of nitrogens with two attached hydrogens (primary N) is 1. The smallest absolute Gasteiger partial charge is 0.137 e. The molecular weight excluding hydrogens is 168 g/mol. The summed E-state index contributed by atoms with van der Waals surface area (Å²) < 4.78 is 4.99. The first-order valence-corrected chi connectivity index (χ1v) is 3.99. The maximum Gasteiger partial charge on any atom is 0.137 e. The Morgan fingerprint density at radius 3 is 2.85 bits per heavy atom. The topological polar surface area (TPSA) is 68.4 Å². The molecule has 0 aliphatic rings. The molecule has 0 saturated heterocycles. The van der Waals surface area contributed by atoms with E-state index in [-0.39, 0.29) is 6.61 Å². The van der Waals surface area contributed by atoms with E-state index in [4.69, 9.17) is 15.6 Å². The minimum Gasteiger partial charge on any atom is -0.495 e. The van der Waals surface area contributed by atoms with Crippen molar-refractivity contribution in [3.05, 3.63) is 24.0 Å². The van der Waals surface area contributed by atoms with E-state index in [1.165, 1.54) is 0 Å². The average molecular weight is 182 g/mol. The third kappa shape index (κ3) is 2.17. The molecule has 72 valence electrons. The molecule has 0 radical (unpaired) electrons. The van der Waals surface area contributed by atoms with E-state index in [9.17, 15) is 0 Å². The molecule has 1 unspecified atom stereocenters. The van der Waals surface area contributed by atoms with Gasteiger partial charge in [-0.1, -0.05) is 0 Å². The van der Waals surface area contributed by atoms with Crippen molar-refractivity contribution in [2.75, 3.05) is 13.7 Å². The predicted molar refractivity (Wildman–Crippen MR) is 49.4 cm³/mol. The van der Waals surface area contributed by atoms with E-state index in [0.717, 1.165) is 5.56 Å². The Balaban J connectivity index is 3.01. The molecule has 4 heteroatoms. The van der Waals surface area contributed by atoms with Gasteiger partial charge in [-0.3, -0.25) is 4.98 Å². The third-order valence-corrected chi connectivity index (χ3v) is 1.94. The van der Waals surface area contributed by atoms with Crippen LogP contribution in [0.1, 0.15) is 12.5 Å². The van der Waals surface area contributed by atoms with Crippen LogP contribution in [0.2, 0.25) is 0 Å². The summed E-state index contributed by atoms with van der Waals surface area (Å²) in [5.41, 5.74) is 5.81. The van der Waals surface area contributed by atoms with Crippen LogP contribution in [-0.4, -0.2) is 23.8 Å². The van der Waals surface area contributed by atoms with Crippen molar-refractivity contribution in [3.8, 4) is 5.75 Å². The monoisotopic (exact) mass is 182 g/mol. The SMILES string of the molecule is COc1cncc(C(C)(N)CO)c1. The van der Waals surface area contributed by atoms with E-state index in [2.05, 4.69) is 4.98 Å². The van der Waals surface area contributed by atoms with Gasteiger partial charge in [-0.15, -0.1) is 0 Å². The highest BCUT2D eigenvalue weighted by Gasteiger charge is 2.20.